The van der Waals surface area contributed by atoms with Gasteiger partial charge in [-0.2, -0.15) is 0 Å². The van der Waals surface area contributed by atoms with Crippen molar-refractivity contribution in [3.8, 4) is 0 Å². The summed E-state index contributed by atoms with van der Waals surface area (Å²) in [7, 11) is 0. The van der Waals surface area contributed by atoms with Crippen LogP contribution in [0, 0.1) is 11.8 Å². The summed E-state index contributed by atoms with van der Waals surface area (Å²) in [6, 6.07) is 2.48. The summed E-state index contributed by atoms with van der Waals surface area (Å²) in [5.41, 5.74) is -0.233. The quantitative estimate of drug-likeness (QED) is 0.384. The molecule has 34 heavy (non-hydrogen) atoms. The van der Waals surface area contributed by atoms with Crippen molar-refractivity contribution in [3.05, 3.63) is 28.8 Å². The number of halogens is 3. The zero-order chi connectivity index (χ0) is 24.6. The maximum Gasteiger partial charge on any atom is 0.289 e. The van der Waals surface area contributed by atoms with E-state index in [0.29, 0.717) is 13.0 Å². The van der Waals surface area contributed by atoms with Crippen molar-refractivity contribution in [2.24, 2.45) is 11.8 Å². The first-order valence-electron chi connectivity index (χ1n) is 11.0. The van der Waals surface area contributed by atoms with Gasteiger partial charge in [-0.3, -0.25) is 24.0 Å². The van der Waals surface area contributed by atoms with Crippen LogP contribution in [0.2, 0.25) is 5.02 Å². The molecule has 9 nitrogen and oxygen atoms in total. The molecule has 4 amide bonds. The van der Waals surface area contributed by atoms with E-state index in [1.165, 1.54) is 18.2 Å². The van der Waals surface area contributed by atoms with Crippen molar-refractivity contribution in [2.45, 2.75) is 50.1 Å². The molecule has 2 saturated carbocycles. The Morgan fingerprint density at radius 1 is 1.18 bits per heavy atom. The van der Waals surface area contributed by atoms with Gasteiger partial charge in [0.25, 0.3) is 17.7 Å². The number of hydrogen-bond acceptors (Lipinski definition) is 5. The summed E-state index contributed by atoms with van der Waals surface area (Å²) in [4.78, 5) is 62.4. The van der Waals surface area contributed by atoms with Crippen LogP contribution in [0.4, 0.5) is 14.5 Å². The first-order chi connectivity index (χ1) is 16.0. The minimum atomic E-state index is -3.09. The van der Waals surface area contributed by atoms with Crippen molar-refractivity contribution < 1.29 is 32.8 Å². The molecule has 1 aromatic rings. The third-order valence-electron chi connectivity index (χ3n) is 6.07. The largest absolute Gasteiger partial charge is 0.356 e. The van der Waals surface area contributed by atoms with Crippen molar-refractivity contribution >= 4 is 46.7 Å². The third kappa shape index (κ3) is 5.52. The zero-order valence-corrected chi connectivity index (χ0v) is 18.7. The molecule has 0 radical (unpaired) electrons. The summed E-state index contributed by atoms with van der Waals surface area (Å²) >= 11 is 5.99. The van der Waals surface area contributed by atoms with E-state index in [0.717, 1.165) is 12.8 Å². The Hall–Kier alpha value is -3.08. The van der Waals surface area contributed by atoms with Gasteiger partial charge in [0.15, 0.2) is 0 Å². The smallest absolute Gasteiger partial charge is 0.289 e. The lowest BCUT2D eigenvalue weighted by atomic mass is 9.95. The van der Waals surface area contributed by atoms with Crippen molar-refractivity contribution in [3.63, 3.8) is 0 Å². The van der Waals surface area contributed by atoms with Crippen LogP contribution in [0.1, 0.15) is 42.5 Å². The number of carbonyl (C=O) groups is 5. The first kappa shape index (κ1) is 24.1. The Labute approximate surface area is 198 Å². The molecule has 3 fully saturated rings. The molecule has 182 valence electrons. The van der Waals surface area contributed by atoms with Crippen LogP contribution in [-0.4, -0.2) is 54.0 Å². The fourth-order valence-corrected chi connectivity index (χ4v) is 3.97. The SMILES string of the molecule is O=C(NC1CC1)C(=O)C(C[C@@H]1CCNC1=O)NC(=O)c1cc(Cl)ccc1NC(=O)[C@H]1CC1(F)F. The molecule has 4 rings (SSSR count). The molecule has 1 saturated heterocycles. The summed E-state index contributed by atoms with van der Waals surface area (Å²) in [5, 5.41) is 10.1. The van der Waals surface area contributed by atoms with Gasteiger partial charge in [-0.15, -0.1) is 0 Å². The van der Waals surface area contributed by atoms with Gasteiger partial charge in [-0.1, -0.05) is 11.6 Å². The molecule has 2 aliphatic carbocycles. The maximum absolute atomic E-state index is 13.3. The van der Waals surface area contributed by atoms with E-state index in [9.17, 15) is 32.8 Å². The van der Waals surface area contributed by atoms with Crippen LogP contribution in [0.5, 0.6) is 0 Å². The number of benzene rings is 1. The van der Waals surface area contributed by atoms with E-state index in [1.807, 2.05) is 0 Å². The first-order valence-corrected chi connectivity index (χ1v) is 11.3. The summed E-state index contributed by atoms with van der Waals surface area (Å²) in [5.74, 6) is -8.98. The molecular weight excluding hydrogens is 474 g/mol. The van der Waals surface area contributed by atoms with E-state index < -0.39 is 53.7 Å². The molecule has 1 aliphatic heterocycles. The predicted octanol–water partition coefficient (Wildman–Crippen LogP) is 1.41. The van der Waals surface area contributed by atoms with Gasteiger partial charge < -0.3 is 21.3 Å². The van der Waals surface area contributed by atoms with Crippen molar-refractivity contribution in [2.75, 3.05) is 11.9 Å². The van der Waals surface area contributed by atoms with Crippen LogP contribution in [-0.2, 0) is 19.2 Å². The van der Waals surface area contributed by atoms with Gasteiger partial charge in [-0.25, -0.2) is 8.78 Å². The second-order valence-corrected chi connectivity index (χ2v) is 9.28. The highest BCUT2D eigenvalue weighted by Crippen LogP contribution is 2.49. The van der Waals surface area contributed by atoms with Gasteiger partial charge >= 0.3 is 0 Å². The van der Waals surface area contributed by atoms with Crippen LogP contribution >= 0.6 is 11.6 Å². The van der Waals surface area contributed by atoms with Gasteiger partial charge in [0.1, 0.15) is 5.92 Å². The molecule has 0 bridgehead atoms. The molecular formula is C22H23ClF2N4O5. The van der Waals surface area contributed by atoms with Crippen molar-refractivity contribution in [1.29, 1.82) is 0 Å². The van der Waals surface area contributed by atoms with Gasteiger partial charge in [0.05, 0.1) is 17.3 Å². The molecule has 1 heterocycles. The Morgan fingerprint density at radius 3 is 2.47 bits per heavy atom. The normalized spacial score (nSPS) is 23.4. The Balaban J connectivity index is 1.52. The molecule has 4 N–H and O–H groups in total. The fourth-order valence-electron chi connectivity index (χ4n) is 3.80. The Kier molecular flexibility index (Phi) is 6.57. The fraction of sp³-hybridized carbons (Fsp3) is 0.500. The van der Waals surface area contributed by atoms with Crippen LogP contribution in [0.3, 0.4) is 0 Å². The third-order valence-corrected chi connectivity index (χ3v) is 6.30. The lowest BCUT2D eigenvalue weighted by molar-refractivity contribution is -0.139. The number of carbonyl (C=O) groups excluding carboxylic acids is 5. The van der Waals surface area contributed by atoms with E-state index in [1.54, 1.807) is 0 Å². The molecule has 3 atom stereocenters. The van der Waals surface area contributed by atoms with Gasteiger partial charge in [-0.05, 0) is 43.9 Å². The zero-order valence-electron chi connectivity index (χ0n) is 18.0. The highest BCUT2D eigenvalue weighted by atomic mass is 35.5. The summed E-state index contributed by atoms with van der Waals surface area (Å²) < 4.78 is 26.5. The minimum absolute atomic E-state index is 0.0677. The van der Waals surface area contributed by atoms with Gasteiger partial charge in [0, 0.05) is 29.9 Å². The Morgan fingerprint density at radius 2 is 1.88 bits per heavy atom. The number of anilines is 1. The van der Waals surface area contributed by atoms with E-state index in [-0.39, 0.29) is 34.6 Å². The predicted molar refractivity (Wildman–Crippen MR) is 116 cm³/mol. The average molecular weight is 497 g/mol. The molecule has 3 aliphatic rings. The van der Waals surface area contributed by atoms with Crippen LogP contribution in [0.15, 0.2) is 18.2 Å². The number of amides is 4. The van der Waals surface area contributed by atoms with Crippen molar-refractivity contribution in [1.82, 2.24) is 16.0 Å². The number of ketones is 1. The lowest BCUT2D eigenvalue weighted by Gasteiger charge is -2.20. The highest BCUT2D eigenvalue weighted by Gasteiger charge is 2.61. The van der Waals surface area contributed by atoms with Crippen LogP contribution < -0.4 is 21.3 Å². The van der Waals surface area contributed by atoms with Crippen LogP contribution in [0.25, 0.3) is 0 Å². The number of alkyl halides is 2. The lowest BCUT2D eigenvalue weighted by Crippen LogP contribution is -2.49. The summed E-state index contributed by atoms with van der Waals surface area (Å²) in [6.45, 7) is 0.420. The summed E-state index contributed by atoms with van der Waals surface area (Å²) in [6.07, 6.45) is 1.28. The van der Waals surface area contributed by atoms with Gasteiger partial charge in [0.2, 0.25) is 17.6 Å². The highest BCUT2D eigenvalue weighted by molar-refractivity contribution is 6.38. The molecule has 0 spiro atoms. The van der Waals surface area contributed by atoms with E-state index in [2.05, 4.69) is 21.3 Å². The monoisotopic (exact) mass is 496 g/mol. The maximum atomic E-state index is 13.3. The molecule has 12 heteroatoms. The second-order valence-electron chi connectivity index (χ2n) is 8.85. The second kappa shape index (κ2) is 9.28. The standard InChI is InChI=1S/C22H23ClF2N4O5/c23-11-1-4-15(28-20(33)14-9-22(14,24)25)13(8-11)19(32)29-16(7-10-5-6-26-18(10)31)17(30)21(34)27-12-2-3-12/h1,4,8,10,12,14,16H,2-3,5-7,9H2,(H,26,31)(H,27,34)(H,28,33)(H,29,32)/t10-,14+,16?/m0/s1. The number of nitrogens with one attached hydrogen (secondary N) is 4. The average Bonchev–Trinajstić information content (AvgIpc) is 3.67. The van der Waals surface area contributed by atoms with E-state index >= 15 is 0 Å². The molecule has 0 aromatic heterocycles. The minimum Gasteiger partial charge on any atom is -0.356 e. The van der Waals surface area contributed by atoms with E-state index in [4.69, 9.17) is 11.6 Å². The number of rotatable bonds is 9. The number of hydrogen-bond donors (Lipinski definition) is 4. The molecule has 1 aromatic carbocycles. The Bertz CT molecular complexity index is 1060. The molecule has 1 unspecified atom stereocenters. The topological polar surface area (TPSA) is 133 Å². The number of Topliss-reactive ketones (excluding diaryl/α,β-unsaturated/α-hetero) is 1.